The topological polar surface area (TPSA) is 92.4 Å². The van der Waals surface area contributed by atoms with E-state index in [2.05, 4.69) is 0 Å². The van der Waals surface area contributed by atoms with Gasteiger partial charge in [0.1, 0.15) is 41.5 Å². The zero-order valence-corrected chi connectivity index (χ0v) is 9.99. The van der Waals surface area contributed by atoms with Crippen molar-refractivity contribution < 1.29 is 24.1 Å². The zero-order valence-electron chi connectivity index (χ0n) is 9.99. The normalized spacial score (nSPS) is 37.9. The Bertz CT molecular complexity index is 536. The maximum Gasteiger partial charge on any atom is 0.345 e. The first-order chi connectivity index (χ1) is 8.49. The molecule has 0 radical (unpaired) electrons. The van der Waals surface area contributed by atoms with Crippen LogP contribution in [0.3, 0.4) is 0 Å². The molecule has 1 aromatic heterocycles. The third kappa shape index (κ3) is 1.65. The predicted molar refractivity (Wildman–Crippen MR) is 59.3 cm³/mol. The van der Waals surface area contributed by atoms with Crippen LogP contribution in [-0.2, 0) is 4.74 Å². The summed E-state index contributed by atoms with van der Waals surface area (Å²) < 4.78 is 15.7. The summed E-state index contributed by atoms with van der Waals surface area (Å²) in [5.41, 5.74) is -0.721. The van der Waals surface area contributed by atoms with Crippen LogP contribution in [-0.4, -0.2) is 28.5 Å². The largest absolute Gasteiger partial charge is 0.487 e. The van der Waals surface area contributed by atoms with Crippen LogP contribution in [0.2, 0.25) is 0 Å². The van der Waals surface area contributed by atoms with Crippen molar-refractivity contribution in [2.75, 3.05) is 0 Å². The van der Waals surface area contributed by atoms with Crippen LogP contribution in [0.4, 0.5) is 0 Å². The highest BCUT2D eigenvalue weighted by Gasteiger charge is 2.42. The highest BCUT2D eigenvalue weighted by molar-refractivity contribution is 5.37. The van der Waals surface area contributed by atoms with E-state index >= 15 is 0 Å². The van der Waals surface area contributed by atoms with Crippen molar-refractivity contribution in [3.05, 3.63) is 27.8 Å². The summed E-state index contributed by atoms with van der Waals surface area (Å²) in [6.07, 6.45) is -3.22. The molecule has 0 saturated carbocycles. The van der Waals surface area contributed by atoms with E-state index < -0.39 is 23.9 Å². The average Bonchev–Trinajstić information content (AvgIpc) is 3.02. The minimum atomic E-state index is -1.29. The van der Waals surface area contributed by atoms with Crippen LogP contribution in [0.15, 0.2) is 15.3 Å². The Morgan fingerprint density at radius 3 is 2.50 bits per heavy atom. The zero-order chi connectivity index (χ0) is 13.0. The van der Waals surface area contributed by atoms with Crippen LogP contribution >= 0.6 is 0 Å². The number of hydrogen-bond acceptors (Lipinski definition) is 6. The molecule has 0 aliphatic carbocycles. The van der Waals surface area contributed by atoms with Gasteiger partial charge in [-0.1, -0.05) is 0 Å². The number of aliphatic hydroxyl groups is 2. The van der Waals surface area contributed by atoms with E-state index in [1.54, 1.807) is 13.0 Å². The number of ether oxygens (including phenoxy) is 2. The maximum atomic E-state index is 11.8. The van der Waals surface area contributed by atoms with Crippen molar-refractivity contribution in [1.82, 2.24) is 0 Å². The third-order valence-electron chi connectivity index (χ3n) is 3.37. The first kappa shape index (κ1) is 11.7. The fourth-order valence-electron chi connectivity index (χ4n) is 2.18. The predicted octanol–water partition coefficient (Wildman–Crippen LogP) is 0.275. The molecule has 5 atom stereocenters. The molecule has 6 heteroatoms. The average molecular weight is 254 g/mol. The van der Waals surface area contributed by atoms with Gasteiger partial charge >= 0.3 is 5.63 Å². The lowest BCUT2D eigenvalue weighted by Crippen LogP contribution is -2.41. The van der Waals surface area contributed by atoms with Gasteiger partial charge in [0.05, 0.1) is 6.10 Å². The highest BCUT2D eigenvalue weighted by atomic mass is 16.6. The molecule has 1 fully saturated rings. The quantitative estimate of drug-likeness (QED) is 0.699. The Labute approximate surface area is 103 Å². The van der Waals surface area contributed by atoms with Crippen molar-refractivity contribution in [3.8, 4) is 5.75 Å². The van der Waals surface area contributed by atoms with Crippen LogP contribution in [0.25, 0.3) is 0 Å². The SMILES string of the molecule is C[C@@H]1Oc2cc([C@@H]3O[C@H]3C)oc(=O)c2[C@H](O)[C@@H]1O. The van der Waals surface area contributed by atoms with Gasteiger partial charge in [-0.15, -0.1) is 0 Å². The molecule has 2 aliphatic heterocycles. The Morgan fingerprint density at radius 1 is 1.22 bits per heavy atom. The molecule has 1 aromatic rings. The number of epoxide rings is 1. The van der Waals surface area contributed by atoms with Gasteiger partial charge in [0.15, 0.2) is 0 Å². The smallest absolute Gasteiger partial charge is 0.345 e. The second kappa shape index (κ2) is 3.81. The second-order valence-electron chi connectivity index (χ2n) is 4.73. The monoisotopic (exact) mass is 254 g/mol. The molecule has 0 amide bonds. The molecule has 0 unspecified atom stereocenters. The van der Waals surface area contributed by atoms with Gasteiger partial charge in [-0.25, -0.2) is 4.79 Å². The Kier molecular flexibility index (Phi) is 2.48. The van der Waals surface area contributed by atoms with Crippen molar-refractivity contribution in [3.63, 3.8) is 0 Å². The summed E-state index contributed by atoms with van der Waals surface area (Å²) in [7, 11) is 0. The van der Waals surface area contributed by atoms with Crippen LogP contribution in [0.1, 0.15) is 37.4 Å². The molecule has 6 nitrogen and oxygen atoms in total. The highest BCUT2D eigenvalue weighted by Crippen LogP contribution is 2.41. The van der Waals surface area contributed by atoms with E-state index in [-0.39, 0.29) is 23.5 Å². The van der Waals surface area contributed by atoms with Crippen molar-refractivity contribution >= 4 is 0 Å². The van der Waals surface area contributed by atoms with Crippen molar-refractivity contribution in [2.24, 2.45) is 0 Å². The molecular weight excluding hydrogens is 240 g/mol. The first-order valence-electron chi connectivity index (χ1n) is 5.85. The molecule has 0 bridgehead atoms. The maximum absolute atomic E-state index is 11.8. The standard InChI is InChI=1S/C12H14O6/c1-4-9(13)10(14)8-6(16-4)3-7(18-12(8)15)11-5(2)17-11/h3-5,9-11,13-14H,1-2H3/t4-,5-,9+,10-,11+/m0/s1. The minimum absolute atomic E-state index is 0.0164. The number of hydrogen-bond donors (Lipinski definition) is 2. The fourth-order valence-corrected chi connectivity index (χ4v) is 2.18. The molecule has 0 aromatic carbocycles. The Hall–Kier alpha value is -1.37. The van der Waals surface area contributed by atoms with Gasteiger partial charge in [0, 0.05) is 6.07 Å². The molecule has 3 rings (SSSR count). The number of fused-ring (bicyclic) bond motifs is 1. The van der Waals surface area contributed by atoms with E-state index in [0.717, 1.165) is 0 Å². The lowest BCUT2D eigenvalue weighted by Gasteiger charge is -2.31. The van der Waals surface area contributed by atoms with E-state index in [4.69, 9.17) is 13.9 Å². The second-order valence-corrected chi connectivity index (χ2v) is 4.73. The summed E-state index contributed by atoms with van der Waals surface area (Å²) in [5, 5.41) is 19.5. The first-order valence-corrected chi connectivity index (χ1v) is 5.85. The summed E-state index contributed by atoms with van der Waals surface area (Å²) in [4.78, 5) is 11.8. The van der Waals surface area contributed by atoms with E-state index in [1.165, 1.54) is 0 Å². The van der Waals surface area contributed by atoms with Crippen LogP contribution in [0.5, 0.6) is 5.75 Å². The molecule has 2 aliphatic rings. The van der Waals surface area contributed by atoms with Gasteiger partial charge in [0.25, 0.3) is 0 Å². The van der Waals surface area contributed by atoms with E-state index in [1.807, 2.05) is 6.92 Å². The lowest BCUT2D eigenvalue weighted by atomic mass is 9.98. The fraction of sp³-hybridized carbons (Fsp3) is 0.583. The number of rotatable bonds is 1. The van der Waals surface area contributed by atoms with Gasteiger partial charge < -0.3 is 24.1 Å². The molecule has 2 N–H and O–H groups in total. The summed E-state index contributed by atoms with van der Waals surface area (Å²) in [5.74, 6) is 0.649. The van der Waals surface area contributed by atoms with Gasteiger partial charge in [-0.05, 0) is 13.8 Å². The Morgan fingerprint density at radius 2 is 1.89 bits per heavy atom. The van der Waals surface area contributed by atoms with E-state index in [9.17, 15) is 15.0 Å². The van der Waals surface area contributed by atoms with Gasteiger partial charge in [-0.3, -0.25) is 0 Å². The molecule has 18 heavy (non-hydrogen) atoms. The third-order valence-corrected chi connectivity index (χ3v) is 3.37. The van der Waals surface area contributed by atoms with Gasteiger partial charge in [-0.2, -0.15) is 0 Å². The molecule has 0 spiro atoms. The Balaban J connectivity index is 2.07. The summed E-state index contributed by atoms with van der Waals surface area (Å²) in [6, 6.07) is 1.55. The van der Waals surface area contributed by atoms with Crippen LogP contribution < -0.4 is 10.4 Å². The summed E-state index contributed by atoms with van der Waals surface area (Å²) >= 11 is 0. The molecular formula is C12H14O6. The van der Waals surface area contributed by atoms with Crippen molar-refractivity contribution in [2.45, 2.75) is 44.4 Å². The molecule has 1 saturated heterocycles. The van der Waals surface area contributed by atoms with Crippen LogP contribution in [0, 0.1) is 0 Å². The lowest BCUT2D eigenvalue weighted by molar-refractivity contribution is -0.0637. The molecule has 3 heterocycles. The summed E-state index contributed by atoms with van der Waals surface area (Å²) in [6.45, 7) is 3.49. The van der Waals surface area contributed by atoms with Gasteiger partial charge in [0.2, 0.25) is 0 Å². The number of aliphatic hydroxyl groups excluding tert-OH is 2. The molecule has 98 valence electrons. The minimum Gasteiger partial charge on any atom is -0.487 e. The van der Waals surface area contributed by atoms with E-state index in [0.29, 0.717) is 5.76 Å². The van der Waals surface area contributed by atoms with Crippen molar-refractivity contribution in [1.29, 1.82) is 0 Å².